The second-order valence-corrected chi connectivity index (χ2v) is 8.70. The fraction of sp³-hybridized carbons (Fsp3) is 0.625. The van der Waals surface area contributed by atoms with Crippen LogP contribution in [0.2, 0.25) is 0 Å². The van der Waals surface area contributed by atoms with E-state index < -0.39 is 5.60 Å². The van der Waals surface area contributed by atoms with Gasteiger partial charge >= 0.3 is 5.97 Å². The molecule has 7 nitrogen and oxygen atoms in total. The average Bonchev–Trinajstić information content (AvgIpc) is 2.94. The van der Waals surface area contributed by atoms with Crippen molar-refractivity contribution in [1.29, 1.82) is 0 Å². The molecule has 0 fully saturated rings. The summed E-state index contributed by atoms with van der Waals surface area (Å²) in [7, 11) is 0. The van der Waals surface area contributed by atoms with Gasteiger partial charge in [0.1, 0.15) is 18.0 Å². The third kappa shape index (κ3) is 4.80. The van der Waals surface area contributed by atoms with Gasteiger partial charge in [-0.05, 0) is 40.4 Å². The van der Waals surface area contributed by atoms with E-state index in [-0.39, 0.29) is 36.4 Å². The lowest BCUT2D eigenvalue weighted by Crippen LogP contribution is -2.29. The molecule has 1 N–H and O–H groups in total. The van der Waals surface area contributed by atoms with Crippen molar-refractivity contribution in [3.63, 3.8) is 0 Å². The summed E-state index contributed by atoms with van der Waals surface area (Å²) in [5, 5.41) is 9.61. The number of aromatic nitrogens is 3. The number of aliphatic hydroxyl groups is 1. The minimum absolute atomic E-state index is 0.181. The number of fused-ring (bicyclic) bond motifs is 1. The van der Waals surface area contributed by atoms with Crippen LogP contribution < -0.4 is 5.56 Å². The largest absolute Gasteiger partial charge is 0.460 e. The van der Waals surface area contributed by atoms with E-state index in [1.54, 1.807) is 0 Å². The Morgan fingerprint density at radius 1 is 1.40 bits per heavy atom. The van der Waals surface area contributed by atoms with E-state index in [0.717, 1.165) is 4.34 Å². The van der Waals surface area contributed by atoms with Crippen molar-refractivity contribution >= 4 is 39.4 Å². The van der Waals surface area contributed by atoms with Crippen molar-refractivity contribution in [2.24, 2.45) is 0 Å². The first-order chi connectivity index (χ1) is 11.7. The molecule has 2 heterocycles. The van der Waals surface area contributed by atoms with Gasteiger partial charge in [-0.3, -0.25) is 14.2 Å². The molecule has 0 amide bonds. The van der Waals surface area contributed by atoms with Gasteiger partial charge in [-0.15, -0.1) is 0 Å². The van der Waals surface area contributed by atoms with Gasteiger partial charge in [-0.25, -0.2) is 9.97 Å². The summed E-state index contributed by atoms with van der Waals surface area (Å²) in [6.45, 7) is 6.90. The SMILES string of the molecule is CSc1nc2c(=O)n([C@@H](C)CCC(=O)OC(C)(C)C)c(CO)nc2s1. The molecule has 2 aromatic rings. The third-order valence-electron chi connectivity index (χ3n) is 3.46. The normalized spacial score (nSPS) is 13.2. The molecule has 0 unspecified atom stereocenters. The zero-order chi connectivity index (χ0) is 18.8. The lowest BCUT2D eigenvalue weighted by molar-refractivity contribution is -0.155. The molecule has 0 aromatic carbocycles. The number of carbonyl (C=O) groups is 1. The molecule has 0 aliphatic rings. The molecule has 0 saturated heterocycles. The van der Waals surface area contributed by atoms with E-state index in [1.807, 2.05) is 34.0 Å². The van der Waals surface area contributed by atoms with Crippen LogP contribution in [-0.2, 0) is 16.1 Å². The number of thiazole rings is 1. The lowest BCUT2D eigenvalue weighted by atomic mass is 10.1. The third-order valence-corrected chi connectivity index (χ3v) is 5.40. The lowest BCUT2D eigenvalue weighted by Gasteiger charge is -2.21. The van der Waals surface area contributed by atoms with Crippen molar-refractivity contribution < 1.29 is 14.6 Å². The fourth-order valence-corrected chi connectivity index (χ4v) is 3.85. The highest BCUT2D eigenvalue weighted by Gasteiger charge is 2.21. The van der Waals surface area contributed by atoms with Crippen LogP contribution in [0.15, 0.2) is 9.13 Å². The monoisotopic (exact) mass is 385 g/mol. The first-order valence-corrected chi connectivity index (χ1v) is 9.99. The molecule has 2 rings (SSSR count). The molecule has 1 atom stereocenters. The second-order valence-electron chi connectivity index (χ2n) is 6.67. The second kappa shape index (κ2) is 7.84. The van der Waals surface area contributed by atoms with Crippen molar-refractivity contribution in [2.45, 2.75) is 63.1 Å². The summed E-state index contributed by atoms with van der Waals surface area (Å²) >= 11 is 2.77. The zero-order valence-corrected chi connectivity index (χ0v) is 16.7. The number of hydrogen-bond donors (Lipinski definition) is 1. The summed E-state index contributed by atoms with van der Waals surface area (Å²) in [5.74, 6) is -0.0317. The number of esters is 1. The number of hydrogen-bond acceptors (Lipinski definition) is 8. The predicted octanol–water partition coefficient (Wildman–Crippen LogP) is 2.75. The van der Waals surface area contributed by atoms with E-state index in [0.29, 0.717) is 16.8 Å². The average molecular weight is 386 g/mol. The number of aliphatic hydroxyl groups excluding tert-OH is 1. The first-order valence-electron chi connectivity index (χ1n) is 7.95. The number of carbonyl (C=O) groups excluding carboxylic acids is 1. The maximum absolute atomic E-state index is 12.8. The quantitative estimate of drug-likeness (QED) is 0.603. The summed E-state index contributed by atoms with van der Waals surface area (Å²) < 4.78 is 7.47. The van der Waals surface area contributed by atoms with Crippen molar-refractivity contribution in [3.8, 4) is 0 Å². The summed E-state index contributed by atoms with van der Waals surface area (Å²) in [6.07, 6.45) is 2.47. The topological polar surface area (TPSA) is 94.3 Å². The van der Waals surface area contributed by atoms with Crippen LogP contribution >= 0.6 is 23.1 Å². The minimum Gasteiger partial charge on any atom is -0.460 e. The molecular formula is C16H23N3O4S2. The van der Waals surface area contributed by atoms with E-state index in [9.17, 15) is 14.7 Å². The van der Waals surface area contributed by atoms with E-state index in [2.05, 4.69) is 9.97 Å². The Morgan fingerprint density at radius 2 is 2.08 bits per heavy atom. The highest BCUT2D eigenvalue weighted by molar-refractivity contribution is 8.00. The van der Waals surface area contributed by atoms with Crippen LogP contribution in [0, 0.1) is 0 Å². The molecule has 0 spiro atoms. The van der Waals surface area contributed by atoms with Crippen molar-refractivity contribution in [2.75, 3.05) is 6.26 Å². The molecular weight excluding hydrogens is 362 g/mol. The summed E-state index contributed by atoms with van der Waals surface area (Å²) in [5.41, 5.74) is -0.527. The van der Waals surface area contributed by atoms with Crippen LogP contribution in [0.5, 0.6) is 0 Å². The number of thioether (sulfide) groups is 1. The standard InChI is InChI=1S/C16H23N3O4S2/c1-9(6-7-11(21)23-16(2,3)4)19-10(8-20)17-13-12(14(19)22)18-15(24-5)25-13/h9,20H,6-8H2,1-5H3/t9-/m0/s1. The Bertz CT molecular complexity index is 823. The van der Waals surface area contributed by atoms with Gasteiger partial charge in [0.2, 0.25) is 0 Å². The summed E-state index contributed by atoms with van der Waals surface area (Å²) in [6, 6.07) is -0.307. The van der Waals surface area contributed by atoms with Gasteiger partial charge < -0.3 is 9.84 Å². The Kier molecular flexibility index (Phi) is 6.23. The first kappa shape index (κ1) is 19.9. The number of rotatable bonds is 6. The van der Waals surface area contributed by atoms with Crippen LogP contribution in [0.3, 0.4) is 0 Å². The highest BCUT2D eigenvalue weighted by atomic mass is 32.2. The van der Waals surface area contributed by atoms with E-state index >= 15 is 0 Å². The van der Waals surface area contributed by atoms with Crippen LogP contribution in [-0.4, -0.2) is 37.5 Å². The molecule has 138 valence electrons. The number of nitrogens with zero attached hydrogens (tertiary/aromatic N) is 3. The maximum atomic E-state index is 12.8. The van der Waals surface area contributed by atoms with Crippen molar-refractivity contribution in [3.05, 3.63) is 16.2 Å². The Labute approximate surface area is 154 Å². The molecule has 9 heteroatoms. The molecule has 0 saturated carbocycles. The number of ether oxygens (including phenoxy) is 1. The summed E-state index contributed by atoms with van der Waals surface area (Å²) in [4.78, 5) is 33.9. The molecule has 0 bridgehead atoms. The highest BCUT2D eigenvalue weighted by Crippen LogP contribution is 2.26. The van der Waals surface area contributed by atoms with Crippen molar-refractivity contribution in [1.82, 2.24) is 14.5 Å². The molecule has 0 aliphatic heterocycles. The van der Waals surface area contributed by atoms with Gasteiger partial charge in [-0.1, -0.05) is 23.1 Å². The Morgan fingerprint density at radius 3 is 2.64 bits per heavy atom. The van der Waals surface area contributed by atoms with Gasteiger partial charge in [0.05, 0.1) is 0 Å². The molecule has 0 aliphatic carbocycles. The van der Waals surface area contributed by atoms with Gasteiger partial charge in [0.15, 0.2) is 14.7 Å². The Hall–Kier alpha value is -1.45. The van der Waals surface area contributed by atoms with Crippen LogP contribution in [0.1, 0.15) is 52.4 Å². The van der Waals surface area contributed by atoms with Crippen LogP contribution in [0.4, 0.5) is 0 Å². The predicted molar refractivity (Wildman–Crippen MR) is 99.2 cm³/mol. The van der Waals surface area contributed by atoms with Gasteiger partial charge in [0.25, 0.3) is 5.56 Å². The van der Waals surface area contributed by atoms with Gasteiger partial charge in [0, 0.05) is 12.5 Å². The van der Waals surface area contributed by atoms with Crippen LogP contribution in [0.25, 0.3) is 10.3 Å². The molecule has 0 radical (unpaired) electrons. The molecule has 25 heavy (non-hydrogen) atoms. The van der Waals surface area contributed by atoms with Gasteiger partial charge in [-0.2, -0.15) is 0 Å². The smallest absolute Gasteiger partial charge is 0.306 e. The Balaban J connectivity index is 2.27. The van der Waals surface area contributed by atoms with E-state index in [4.69, 9.17) is 4.74 Å². The fourth-order valence-electron chi connectivity index (χ4n) is 2.41. The molecule has 2 aromatic heterocycles. The maximum Gasteiger partial charge on any atom is 0.306 e. The zero-order valence-electron chi connectivity index (χ0n) is 15.0. The van der Waals surface area contributed by atoms with E-state index in [1.165, 1.54) is 27.7 Å². The minimum atomic E-state index is -0.539.